The quantitative estimate of drug-likeness (QED) is 0.915. The maximum absolute atomic E-state index is 13.7. The molecule has 2 fully saturated rings. The third-order valence-electron chi connectivity index (χ3n) is 4.39. The smallest absolute Gasteiger partial charge is 0.256 e. The Labute approximate surface area is 138 Å². The number of amides is 2. The average Bonchev–Trinajstić information content (AvgIpc) is 3.00. The molecule has 1 saturated carbocycles. The van der Waals surface area contributed by atoms with Crippen LogP contribution in [0.15, 0.2) is 18.2 Å². The molecule has 5 nitrogen and oxygen atoms in total. The zero-order valence-electron chi connectivity index (χ0n) is 12.6. The third-order valence-corrected chi connectivity index (χ3v) is 4.71. The molecule has 0 unspecified atom stereocenters. The van der Waals surface area contributed by atoms with Crippen molar-refractivity contribution in [3.8, 4) is 0 Å². The summed E-state index contributed by atoms with van der Waals surface area (Å²) in [5.74, 6) is -1.56. The first-order valence-corrected chi connectivity index (χ1v) is 8.09. The second-order valence-electron chi connectivity index (χ2n) is 5.77. The Kier molecular flexibility index (Phi) is 4.82. The maximum atomic E-state index is 13.7. The number of benzene rings is 1. The van der Waals surface area contributed by atoms with Crippen LogP contribution in [0.5, 0.6) is 0 Å². The van der Waals surface area contributed by atoms with Crippen molar-refractivity contribution in [2.45, 2.75) is 31.4 Å². The fourth-order valence-electron chi connectivity index (χ4n) is 3.30. The fraction of sp³-hybridized carbons (Fsp3) is 0.500. The van der Waals surface area contributed by atoms with Gasteiger partial charge in [0.05, 0.1) is 35.9 Å². The molecular formula is C16H18ClFN2O3. The van der Waals surface area contributed by atoms with E-state index in [9.17, 15) is 14.0 Å². The van der Waals surface area contributed by atoms with E-state index < -0.39 is 11.7 Å². The van der Waals surface area contributed by atoms with E-state index in [4.69, 9.17) is 16.3 Å². The van der Waals surface area contributed by atoms with E-state index in [1.165, 1.54) is 12.1 Å². The number of carbonyl (C=O) groups is 2. The molecule has 0 spiro atoms. The number of rotatable bonds is 3. The van der Waals surface area contributed by atoms with Crippen molar-refractivity contribution >= 4 is 23.4 Å². The van der Waals surface area contributed by atoms with Crippen LogP contribution in [-0.4, -0.2) is 48.6 Å². The van der Waals surface area contributed by atoms with E-state index in [0.29, 0.717) is 13.2 Å². The van der Waals surface area contributed by atoms with Gasteiger partial charge in [0.2, 0.25) is 5.91 Å². The molecule has 3 rings (SSSR count). The van der Waals surface area contributed by atoms with Crippen molar-refractivity contribution < 1.29 is 18.7 Å². The van der Waals surface area contributed by atoms with Crippen LogP contribution in [0.2, 0.25) is 5.02 Å². The van der Waals surface area contributed by atoms with Gasteiger partial charge in [0.25, 0.3) is 5.91 Å². The van der Waals surface area contributed by atoms with Crippen LogP contribution in [0.25, 0.3) is 0 Å². The molecule has 1 N–H and O–H groups in total. The van der Waals surface area contributed by atoms with E-state index in [1.807, 2.05) is 0 Å². The van der Waals surface area contributed by atoms with Gasteiger partial charge in [-0.05, 0) is 31.4 Å². The topological polar surface area (TPSA) is 58.6 Å². The number of hydrogen-bond acceptors (Lipinski definition) is 3. The minimum absolute atomic E-state index is 0.0252. The summed E-state index contributed by atoms with van der Waals surface area (Å²) in [6, 6.07) is 4.11. The molecule has 0 bridgehead atoms. The predicted molar refractivity (Wildman–Crippen MR) is 82.8 cm³/mol. The molecule has 1 saturated heterocycles. The Hall–Kier alpha value is -1.66. The predicted octanol–water partition coefficient (Wildman–Crippen LogP) is 1.99. The maximum Gasteiger partial charge on any atom is 0.256 e. The fourth-order valence-corrected chi connectivity index (χ4v) is 3.54. The van der Waals surface area contributed by atoms with Gasteiger partial charge in [0, 0.05) is 6.54 Å². The van der Waals surface area contributed by atoms with Gasteiger partial charge in [-0.15, -0.1) is 0 Å². The summed E-state index contributed by atoms with van der Waals surface area (Å²) >= 11 is 5.85. The standard InChI is InChI=1S/C16H18ClFN2O3/c17-10-3-1-4-11(18)15(10)16(22)19-9-14(21)20-7-8-23-13-6-2-5-12(13)20/h1,3-4,12-13H,2,5-9H2,(H,19,22)/t12-,13+/m1/s1. The lowest BCUT2D eigenvalue weighted by Crippen LogP contribution is -2.53. The number of nitrogens with one attached hydrogen (secondary N) is 1. The number of ether oxygens (including phenoxy) is 1. The largest absolute Gasteiger partial charge is 0.374 e. The molecular weight excluding hydrogens is 323 g/mol. The van der Waals surface area contributed by atoms with Crippen LogP contribution in [0, 0.1) is 5.82 Å². The highest BCUT2D eigenvalue weighted by Gasteiger charge is 2.38. The summed E-state index contributed by atoms with van der Waals surface area (Å²) in [6.07, 6.45) is 3.02. The molecule has 2 amide bonds. The van der Waals surface area contributed by atoms with Gasteiger partial charge in [0.1, 0.15) is 5.82 Å². The molecule has 2 atom stereocenters. The van der Waals surface area contributed by atoms with Gasteiger partial charge < -0.3 is 15.0 Å². The lowest BCUT2D eigenvalue weighted by Gasteiger charge is -2.37. The van der Waals surface area contributed by atoms with Crippen LogP contribution in [0.3, 0.4) is 0 Å². The van der Waals surface area contributed by atoms with Crippen molar-refractivity contribution in [3.63, 3.8) is 0 Å². The molecule has 0 aromatic heterocycles. The van der Waals surface area contributed by atoms with Crippen molar-refractivity contribution in [1.82, 2.24) is 10.2 Å². The summed E-state index contributed by atoms with van der Waals surface area (Å²) in [5, 5.41) is 2.49. The van der Waals surface area contributed by atoms with Crippen LogP contribution in [0.1, 0.15) is 29.6 Å². The molecule has 0 radical (unpaired) electrons. The van der Waals surface area contributed by atoms with Crippen LogP contribution in [0.4, 0.5) is 4.39 Å². The van der Waals surface area contributed by atoms with Gasteiger partial charge in [0.15, 0.2) is 0 Å². The van der Waals surface area contributed by atoms with Crippen molar-refractivity contribution in [2.24, 2.45) is 0 Å². The number of fused-ring (bicyclic) bond motifs is 1. The van der Waals surface area contributed by atoms with Crippen molar-refractivity contribution in [3.05, 3.63) is 34.6 Å². The zero-order valence-corrected chi connectivity index (χ0v) is 13.3. The molecule has 2 aliphatic rings. The Morgan fingerprint density at radius 3 is 3.00 bits per heavy atom. The molecule has 1 aliphatic carbocycles. The number of halogens is 2. The molecule has 1 aromatic carbocycles. The van der Waals surface area contributed by atoms with Crippen molar-refractivity contribution in [2.75, 3.05) is 19.7 Å². The Morgan fingerprint density at radius 2 is 2.22 bits per heavy atom. The highest BCUT2D eigenvalue weighted by atomic mass is 35.5. The molecule has 7 heteroatoms. The van der Waals surface area contributed by atoms with Gasteiger partial charge in [-0.1, -0.05) is 17.7 Å². The Bertz CT molecular complexity index is 605. The second kappa shape index (κ2) is 6.84. The summed E-state index contributed by atoms with van der Waals surface area (Å²) in [4.78, 5) is 26.2. The van der Waals surface area contributed by atoms with Gasteiger partial charge >= 0.3 is 0 Å². The van der Waals surface area contributed by atoms with E-state index in [0.717, 1.165) is 25.3 Å². The number of morpholine rings is 1. The molecule has 1 aromatic rings. The second-order valence-corrected chi connectivity index (χ2v) is 6.18. The molecule has 23 heavy (non-hydrogen) atoms. The van der Waals surface area contributed by atoms with Gasteiger partial charge in [-0.25, -0.2) is 4.39 Å². The van der Waals surface area contributed by atoms with E-state index in [-0.39, 0.29) is 35.2 Å². The summed E-state index contributed by atoms with van der Waals surface area (Å²) in [7, 11) is 0. The lowest BCUT2D eigenvalue weighted by atomic mass is 10.1. The normalized spacial score (nSPS) is 23.5. The molecule has 1 aliphatic heterocycles. The Balaban J connectivity index is 1.61. The lowest BCUT2D eigenvalue weighted by molar-refractivity contribution is -0.142. The summed E-state index contributed by atoms with van der Waals surface area (Å²) in [5.41, 5.74) is -0.234. The van der Waals surface area contributed by atoms with Crippen LogP contribution >= 0.6 is 11.6 Å². The first-order valence-electron chi connectivity index (χ1n) is 7.71. The number of nitrogens with zero attached hydrogens (tertiary/aromatic N) is 1. The highest BCUT2D eigenvalue weighted by Crippen LogP contribution is 2.29. The molecule has 1 heterocycles. The summed E-state index contributed by atoms with van der Waals surface area (Å²) < 4.78 is 19.4. The number of hydrogen-bond donors (Lipinski definition) is 1. The number of carbonyl (C=O) groups excluding carboxylic acids is 2. The van der Waals surface area contributed by atoms with Gasteiger partial charge in [-0.2, -0.15) is 0 Å². The van der Waals surface area contributed by atoms with E-state index in [1.54, 1.807) is 4.90 Å². The van der Waals surface area contributed by atoms with E-state index >= 15 is 0 Å². The van der Waals surface area contributed by atoms with Gasteiger partial charge in [-0.3, -0.25) is 9.59 Å². The summed E-state index contributed by atoms with van der Waals surface area (Å²) in [6.45, 7) is 0.864. The third kappa shape index (κ3) is 3.33. The zero-order chi connectivity index (χ0) is 16.4. The average molecular weight is 341 g/mol. The monoisotopic (exact) mass is 340 g/mol. The molecule has 124 valence electrons. The Morgan fingerprint density at radius 1 is 1.39 bits per heavy atom. The van der Waals surface area contributed by atoms with Crippen LogP contribution < -0.4 is 5.32 Å². The highest BCUT2D eigenvalue weighted by molar-refractivity contribution is 6.33. The van der Waals surface area contributed by atoms with Crippen molar-refractivity contribution in [1.29, 1.82) is 0 Å². The minimum Gasteiger partial charge on any atom is -0.374 e. The van der Waals surface area contributed by atoms with E-state index in [2.05, 4.69) is 5.32 Å². The first kappa shape index (κ1) is 16.2. The SMILES string of the molecule is O=C(NCC(=O)N1CCO[C@H]2CCC[C@H]21)c1c(F)cccc1Cl. The van der Waals surface area contributed by atoms with Crippen LogP contribution in [-0.2, 0) is 9.53 Å². The minimum atomic E-state index is -0.704. The first-order chi connectivity index (χ1) is 11.1.